The van der Waals surface area contributed by atoms with Crippen LogP contribution in [0.2, 0.25) is 0 Å². The van der Waals surface area contributed by atoms with Crippen LogP contribution in [0.3, 0.4) is 0 Å². The van der Waals surface area contributed by atoms with Crippen LogP contribution in [0.25, 0.3) is 0 Å². The van der Waals surface area contributed by atoms with Crippen molar-refractivity contribution in [3.8, 4) is 0 Å². The Morgan fingerprint density at radius 1 is 0.500 bits per heavy atom. The molecule has 0 amide bonds. The Hall–Kier alpha value is -0.330. The lowest BCUT2D eigenvalue weighted by molar-refractivity contribution is -0.137. The van der Waals surface area contributed by atoms with Crippen molar-refractivity contribution in [3.05, 3.63) is 0 Å². The molecule has 0 aromatic carbocycles. The zero-order valence-electron chi connectivity index (χ0n) is 23.1. The van der Waals surface area contributed by atoms with Crippen LogP contribution in [-0.4, -0.2) is 5.78 Å². The van der Waals surface area contributed by atoms with Gasteiger partial charge in [-0.3, -0.25) is 4.79 Å². The van der Waals surface area contributed by atoms with Crippen molar-refractivity contribution < 1.29 is 4.79 Å². The molecule has 0 spiro atoms. The first-order valence-electron chi connectivity index (χ1n) is 16.2. The van der Waals surface area contributed by atoms with E-state index in [9.17, 15) is 4.79 Å². The second kappa shape index (κ2) is 13.8. The molecule has 0 saturated heterocycles. The zero-order valence-corrected chi connectivity index (χ0v) is 23.1. The van der Waals surface area contributed by atoms with Gasteiger partial charge in [0, 0.05) is 11.8 Å². The fourth-order valence-electron chi connectivity index (χ4n) is 9.40. The van der Waals surface area contributed by atoms with Gasteiger partial charge in [-0.1, -0.05) is 104 Å². The molecule has 4 rings (SSSR count). The Kier molecular flexibility index (Phi) is 10.9. The molecule has 2 unspecified atom stereocenters. The van der Waals surface area contributed by atoms with Gasteiger partial charge in [-0.15, -0.1) is 0 Å². The predicted octanol–water partition coefficient (Wildman–Crippen LogP) is 10.2. The lowest BCUT2D eigenvalue weighted by Gasteiger charge is -2.44. The van der Waals surface area contributed by atoms with E-state index in [0.29, 0.717) is 23.7 Å². The largest absolute Gasteiger partial charge is 0.299 e. The summed E-state index contributed by atoms with van der Waals surface area (Å²) in [5.74, 6) is 6.42. The Labute approximate surface area is 213 Å². The minimum absolute atomic E-state index is 0.420. The topological polar surface area (TPSA) is 17.1 Å². The number of carbonyl (C=O) groups excluding carboxylic acids is 1. The third-order valence-electron chi connectivity index (χ3n) is 11.2. The van der Waals surface area contributed by atoms with Gasteiger partial charge in [0.25, 0.3) is 0 Å². The molecule has 0 aromatic heterocycles. The van der Waals surface area contributed by atoms with E-state index in [1.807, 2.05) is 0 Å². The van der Waals surface area contributed by atoms with E-state index >= 15 is 0 Å². The SMILES string of the molecule is CCC[C@H]1CC[C@H](C(C(=O)C(C2CCCCC2)[C@H]2CC[C@H](CCC)CC2)C2CCCCC2)CC1. The quantitative estimate of drug-likeness (QED) is 0.310. The summed E-state index contributed by atoms with van der Waals surface area (Å²) < 4.78 is 0. The van der Waals surface area contributed by atoms with Crippen molar-refractivity contribution in [2.24, 2.45) is 47.3 Å². The lowest BCUT2D eigenvalue weighted by atomic mass is 9.59. The van der Waals surface area contributed by atoms with Crippen molar-refractivity contribution in [1.82, 2.24) is 0 Å². The Bertz CT molecular complexity index is 517. The lowest BCUT2D eigenvalue weighted by Crippen LogP contribution is -2.43. The molecular weight excluding hydrogens is 412 g/mol. The summed E-state index contributed by atoms with van der Waals surface area (Å²) in [6, 6.07) is 0. The summed E-state index contributed by atoms with van der Waals surface area (Å²) in [6.45, 7) is 4.70. The number of ketones is 1. The first-order chi connectivity index (χ1) is 16.7. The maximum atomic E-state index is 14.9. The number of hydrogen-bond acceptors (Lipinski definition) is 1. The van der Waals surface area contributed by atoms with E-state index in [1.165, 1.54) is 141 Å². The molecule has 0 aromatic rings. The molecule has 0 bridgehead atoms. The first-order valence-corrected chi connectivity index (χ1v) is 16.2. The molecule has 0 radical (unpaired) electrons. The van der Waals surface area contributed by atoms with E-state index < -0.39 is 0 Å². The highest BCUT2D eigenvalue weighted by atomic mass is 16.1. The van der Waals surface area contributed by atoms with Crippen LogP contribution in [0, 0.1) is 47.3 Å². The van der Waals surface area contributed by atoms with E-state index in [-0.39, 0.29) is 0 Å². The van der Waals surface area contributed by atoms with Crippen molar-refractivity contribution in [2.75, 3.05) is 0 Å². The van der Waals surface area contributed by atoms with Gasteiger partial charge in [0.1, 0.15) is 5.78 Å². The van der Waals surface area contributed by atoms with E-state index in [4.69, 9.17) is 0 Å². The summed E-state index contributed by atoms with van der Waals surface area (Å²) in [5, 5.41) is 0. The van der Waals surface area contributed by atoms with E-state index in [2.05, 4.69) is 13.8 Å². The van der Waals surface area contributed by atoms with Crippen LogP contribution >= 0.6 is 0 Å². The molecule has 0 N–H and O–H groups in total. The van der Waals surface area contributed by atoms with Gasteiger partial charge < -0.3 is 0 Å². The molecule has 0 aliphatic heterocycles. The van der Waals surface area contributed by atoms with Crippen LogP contribution in [0.4, 0.5) is 0 Å². The molecule has 1 nitrogen and oxygen atoms in total. The monoisotopic (exact) mass is 470 g/mol. The molecular formula is C33H58O. The van der Waals surface area contributed by atoms with Crippen LogP contribution in [-0.2, 0) is 4.79 Å². The van der Waals surface area contributed by atoms with Crippen LogP contribution < -0.4 is 0 Å². The highest BCUT2D eigenvalue weighted by molar-refractivity contribution is 5.84. The average Bonchev–Trinajstić information content (AvgIpc) is 2.88. The Balaban J connectivity index is 1.52. The van der Waals surface area contributed by atoms with Gasteiger partial charge in [0.05, 0.1) is 0 Å². The zero-order chi connectivity index (χ0) is 23.8. The predicted molar refractivity (Wildman–Crippen MR) is 146 cm³/mol. The maximum absolute atomic E-state index is 14.9. The average molecular weight is 471 g/mol. The van der Waals surface area contributed by atoms with Crippen LogP contribution in [0.5, 0.6) is 0 Å². The van der Waals surface area contributed by atoms with Gasteiger partial charge in [0.15, 0.2) is 0 Å². The van der Waals surface area contributed by atoms with Gasteiger partial charge in [-0.25, -0.2) is 0 Å². The molecule has 2 atom stereocenters. The summed E-state index contributed by atoms with van der Waals surface area (Å²) in [5.41, 5.74) is 0. The Morgan fingerprint density at radius 2 is 0.824 bits per heavy atom. The summed E-state index contributed by atoms with van der Waals surface area (Å²) >= 11 is 0. The van der Waals surface area contributed by atoms with Crippen LogP contribution in [0.1, 0.15) is 155 Å². The number of rotatable bonds is 10. The summed E-state index contributed by atoms with van der Waals surface area (Å²) in [4.78, 5) is 14.9. The molecule has 34 heavy (non-hydrogen) atoms. The smallest absolute Gasteiger partial charge is 0.140 e. The third kappa shape index (κ3) is 6.91. The molecule has 1 heteroatoms. The molecule has 0 heterocycles. The minimum atomic E-state index is 0.420. The fourth-order valence-corrected chi connectivity index (χ4v) is 9.40. The standard InChI is InChI=1S/C33H58O/c1-3-11-25-17-21-29(22-18-25)31(27-13-7-5-8-14-27)33(34)32(28-15-9-6-10-16-28)30-23-19-26(12-4-2)20-24-30/h25-32H,3-24H2,1-2H3/t25-,26-,29-,30-,31?,32?. The van der Waals surface area contributed by atoms with Gasteiger partial charge in [-0.05, 0) is 86.9 Å². The second-order valence-electron chi connectivity index (χ2n) is 13.4. The molecule has 4 fully saturated rings. The third-order valence-corrected chi connectivity index (χ3v) is 11.2. The van der Waals surface area contributed by atoms with Crippen molar-refractivity contribution >= 4 is 5.78 Å². The fraction of sp³-hybridized carbons (Fsp3) is 0.970. The molecule has 4 aliphatic rings. The van der Waals surface area contributed by atoms with Gasteiger partial charge in [-0.2, -0.15) is 0 Å². The van der Waals surface area contributed by atoms with Crippen molar-refractivity contribution in [2.45, 2.75) is 155 Å². The highest BCUT2D eigenvalue weighted by Gasteiger charge is 2.45. The maximum Gasteiger partial charge on any atom is 0.140 e. The van der Waals surface area contributed by atoms with Crippen molar-refractivity contribution in [3.63, 3.8) is 0 Å². The molecule has 4 aliphatic carbocycles. The molecule has 196 valence electrons. The summed E-state index contributed by atoms with van der Waals surface area (Å²) in [7, 11) is 0. The van der Waals surface area contributed by atoms with Gasteiger partial charge >= 0.3 is 0 Å². The van der Waals surface area contributed by atoms with E-state index in [1.54, 1.807) is 0 Å². The minimum Gasteiger partial charge on any atom is -0.299 e. The Morgan fingerprint density at radius 3 is 1.15 bits per heavy atom. The van der Waals surface area contributed by atoms with Crippen molar-refractivity contribution in [1.29, 1.82) is 0 Å². The van der Waals surface area contributed by atoms with E-state index in [0.717, 1.165) is 29.5 Å². The molecule has 4 saturated carbocycles. The number of hydrogen-bond donors (Lipinski definition) is 0. The van der Waals surface area contributed by atoms with Gasteiger partial charge in [0.2, 0.25) is 0 Å². The summed E-state index contributed by atoms with van der Waals surface area (Å²) in [6.07, 6.45) is 30.4. The number of Topliss-reactive ketones (excluding diaryl/α,β-unsaturated/α-hetero) is 1. The second-order valence-corrected chi connectivity index (χ2v) is 13.4. The highest BCUT2D eigenvalue weighted by Crippen LogP contribution is 2.49. The van der Waals surface area contributed by atoms with Crippen LogP contribution in [0.15, 0.2) is 0 Å². The number of carbonyl (C=O) groups is 1. The first kappa shape index (κ1) is 26.7. The normalized spacial score (nSPS) is 33.9.